The van der Waals surface area contributed by atoms with Crippen LogP contribution < -0.4 is 4.90 Å². The number of aliphatic imine (C=N–C) groups is 1. The van der Waals surface area contributed by atoms with Crippen molar-refractivity contribution < 1.29 is 4.79 Å². The lowest BCUT2D eigenvalue weighted by molar-refractivity contribution is -0.112. The van der Waals surface area contributed by atoms with Crippen LogP contribution in [0.25, 0.3) is 0 Å². The van der Waals surface area contributed by atoms with Crippen LogP contribution in [0.3, 0.4) is 0 Å². The van der Waals surface area contributed by atoms with Crippen molar-refractivity contribution in [2.24, 2.45) is 4.99 Å². The lowest BCUT2D eigenvalue weighted by Gasteiger charge is -2.30. The molecule has 2 aromatic rings. The molecule has 0 aromatic heterocycles. The van der Waals surface area contributed by atoms with Gasteiger partial charge in [-0.1, -0.05) is 40.5 Å². The maximum Gasteiger partial charge on any atom is 0.278 e. The van der Waals surface area contributed by atoms with Crippen LogP contribution in [-0.2, 0) is 4.79 Å². The molecule has 0 bridgehead atoms. The first-order valence-corrected chi connectivity index (χ1v) is 9.91. The molecule has 0 N–H and O–H groups in total. The topological polar surface area (TPSA) is 35.9 Å². The zero-order valence-corrected chi connectivity index (χ0v) is 16.5. The van der Waals surface area contributed by atoms with Gasteiger partial charge in [0.25, 0.3) is 5.91 Å². The molecule has 1 saturated heterocycles. The van der Waals surface area contributed by atoms with Gasteiger partial charge in [0.15, 0.2) is 0 Å². The van der Waals surface area contributed by atoms with Gasteiger partial charge in [0.1, 0.15) is 5.71 Å². The number of carbonyl (C=O) groups is 1. The molecule has 4 rings (SSSR count). The number of para-hydroxylation sites is 1. The third-order valence-corrected chi connectivity index (χ3v) is 5.58. The van der Waals surface area contributed by atoms with Crippen LogP contribution in [0.1, 0.15) is 30.4 Å². The van der Waals surface area contributed by atoms with E-state index in [2.05, 4.69) is 20.8 Å². The van der Waals surface area contributed by atoms with E-state index in [1.54, 1.807) is 0 Å². The second kappa shape index (κ2) is 7.33. The summed E-state index contributed by atoms with van der Waals surface area (Å²) in [6, 6.07) is 13.9. The van der Waals surface area contributed by atoms with E-state index < -0.39 is 0 Å². The van der Waals surface area contributed by atoms with E-state index in [9.17, 15) is 4.79 Å². The Hall–Kier alpha value is -1.98. The molecule has 2 aromatic carbocycles. The maximum atomic E-state index is 13.2. The lowest BCUT2D eigenvalue weighted by Crippen LogP contribution is -2.43. The van der Waals surface area contributed by atoms with E-state index in [4.69, 9.17) is 4.99 Å². The van der Waals surface area contributed by atoms with Crippen LogP contribution in [0.4, 0.5) is 11.4 Å². The predicted octanol–water partition coefficient (Wildman–Crippen LogP) is 4.67. The van der Waals surface area contributed by atoms with Crippen molar-refractivity contribution in [3.8, 4) is 0 Å². The number of carbonyl (C=O) groups excluding carboxylic acids is 1. The predicted molar refractivity (Wildman–Crippen MR) is 109 cm³/mol. The van der Waals surface area contributed by atoms with E-state index in [1.165, 1.54) is 19.3 Å². The number of piperidine rings is 1. The number of hydrogen-bond donors (Lipinski definition) is 0. The van der Waals surface area contributed by atoms with Gasteiger partial charge in [0.2, 0.25) is 0 Å². The summed E-state index contributed by atoms with van der Waals surface area (Å²) in [5, 5.41) is 0. The molecular weight excluding hydrogens is 390 g/mol. The highest BCUT2D eigenvalue weighted by atomic mass is 79.9. The van der Waals surface area contributed by atoms with Crippen LogP contribution in [0.5, 0.6) is 0 Å². The standard InChI is InChI=1S/C21H22BrN3O/c1-15-7-3-4-8-18(15)23-20-17-13-16(22)9-10-19(17)25(21(20)26)14-24-11-5-2-6-12-24/h3-4,7-10,13H,2,5-6,11-12,14H2,1H3. The van der Waals surface area contributed by atoms with Gasteiger partial charge in [-0.15, -0.1) is 0 Å². The molecule has 0 radical (unpaired) electrons. The van der Waals surface area contributed by atoms with Gasteiger partial charge in [-0.3, -0.25) is 14.6 Å². The average molecular weight is 412 g/mol. The molecule has 0 spiro atoms. The van der Waals surface area contributed by atoms with Gasteiger partial charge in [0.05, 0.1) is 18.0 Å². The van der Waals surface area contributed by atoms with Crippen LogP contribution >= 0.6 is 15.9 Å². The number of anilines is 1. The molecule has 2 aliphatic heterocycles. The molecule has 0 saturated carbocycles. The summed E-state index contributed by atoms with van der Waals surface area (Å²) in [5.41, 5.74) is 4.31. The highest BCUT2D eigenvalue weighted by Gasteiger charge is 2.35. The lowest BCUT2D eigenvalue weighted by atomic mass is 10.1. The number of nitrogens with zero attached hydrogens (tertiary/aromatic N) is 3. The molecule has 1 fully saturated rings. The summed E-state index contributed by atoms with van der Waals surface area (Å²) in [6.45, 7) is 4.77. The van der Waals surface area contributed by atoms with E-state index in [0.717, 1.165) is 40.1 Å². The van der Waals surface area contributed by atoms with Crippen LogP contribution in [-0.4, -0.2) is 36.3 Å². The normalized spacial score (nSPS) is 19.2. The Morgan fingerprint density at radius 2 is 1.85 bits per heavy atom. The molecule has 1 amide bonds. The SMILES string of the molecule is Cc1ccccc1N=C1C(=O)N(CN2CCCCC2)c2ccc(Br)cc21. The van der Waals surface area contributed by atoms with Crippen molar-refractivity contribution in [2.75, 3.05) is 24.7 Å². The van der Waals surface area contributed by atoms with Crippen molar-refractivity contribution in [3.63, 3.8) is 0 Å². The molecule has 4 nitrogen and oxygen atoms in total. The van der Waals surface area contributed by atoms with Crippen molar-refractivity contribution in [1.82, 2.24) is 4.90 Å². The second-order valence-electron chi connectivity index (χ2n) is 6.96. The third kappa shape index (κ3) is 3.33. The number of hydrogen-bond acceptors (Lipinski definition) is 3. The zero-order chi connectivity index (χ0) is 18.1. The van der Waals surface area contributed by atoms with E-state index >= 15 is 0 Å². The van der Waals surface area contributed by atoms with Crippen molar-refractivity contribution in [2.45, 2.75) is 26.2 Å². The quantitative estimate of drug-likeness (QED) is 0.735. The van der Waals surface area contributed by atoms with E-state index in [0.29, 0.717) is 12.4 Å². The molecule has 134 valence electrons. The Kier molecular flexibility index (Phi) is 4.92. The monoisotopic (exact) mass is 411 g/mol. The molecule has 5 heteroatoms. The van der Waals surface area contributed by atoms with E-state index in [-0.39, 0.29) is 5.91 Å². The molecule has 0 atom stereocenters. The minimum Gasteiger partial charge on any atom is -0.293 e. The van der Waals surface area contributed by atoms with Gasteiger partial charge in [-0.2, -0.15) is 0 Å². The Bertz CT molecular complexity index is 871. The van der Waals surface area contributed by atoms with Gasteiger partial charge in [-0.25, -0.2) is 4.99 Å². The van der Waals surface area contributed by atoms with Crippen LogP contribution in [0.15, 0.2) is 51.9 Å². The second-order valence-corrected chi connectivity index (χ2v) is 7.88. The summed E-state index contributed by atoms with van der Waals surface area (Å²) in [7, 11) is 0. The number of fused-ring (bicyclic) bond motifs is 1. The van der Waals surface area contributed by atoms with Crippen LogP contribution in [0.2, 0.25) is 0 Å². The Labute approximate surface area is 162 Å². The zero-order valence-electron chi connectivity index (χ0n) is 14.9. The highest BCUT2D eigenvalue weighted by molar-refractivity contribution is 9.10. The van der Waals surface area contributed by atoms with Gasteiger partial charge in [0, 0.05) is 10.0 Å². The number of aryl methyl sites for hydroxylation is 1. The molecule has 0 aliphatic carbocycles. The number of amides is 1. The number of rotatable bonds is 3. The van der Waals surface area contributed by atoms with Gasteiger partial charge < -0.3 is 0 Å². The maximum absolute atomic E-state index is 13.2. The summed E-state index contributed by atoms with van der Waals surface area (Å²) >= 11 is 3.54. The summed E-state index contributed by atoms with van der Waals surface area (Å²) in [4.78, 5) is 22.2. The third-order valence-electron chi connectivity index (χ3n) is 5.09. The Morgan fingerprint density at radius 1 is 1.08 bits per heavy atom. The van der Waals surface area contributed by atoms with Gasteiger partial charge in [-0.05, 0) is 62.7 Å². The molecule has 2 heterocycles. The summed E-state index contributed by atoms with van der Waals surface area (Å²) in [5.74, 6) is -0.00748. The smallest absolute Gasteiger partial charge is 0.278 e. The number of likely N-dealkylation sites (tertiary alicyclic amines) is 1. The summed E-state index contributed by atoms with van der Waals surface area (Å²) < 4.78 is 0.960. The number of halogens is 1. The molecule has 26 heavy (non-hydrogen) atoms. The largest absolute Gasteiger partial charge is 0.293 e. The van der Waals surface area contributed by atoms with Crippen molar-refractivity contribution in [1.29, 1.82) is 0 Å². The Balaban J connectivity index is 1.73. The van der Waals surface area contributed by atoms with E-state index in [1.807, 2.05) is 54.3 Å². The first kappa shape index (κ1) is 17.4. The first-order valence-electron chi connectivity index (χ1n) is 9.12. The van der Waals surface area contributed by atoms with Crippen LogP contribution in [0, 0.1) is 6.92 Å². The van der Waals surface area contributed by atoms with Crippen molar-refractivity contribution in [3.05, 3.63) is 58.1 Å². The first-order chi connectivity index (χ1) is 12.6. The van der Waals surface area contributed by atoms with Crippen molar-refractivity contribution >= 4 is 38.9 Å². The Morgan fingerprint density at radius 3 is 2.62 bits per heavy atom. The highest BCUT2D eigenvalue weighted by Crippen LogP contribution is 2.34. The molecule has 2 aliphatic rings. The average Bonchev–Trinajstić information content (AvgIpc) is 2.89. The fourth-order valence-electron chi connectivity index (χ4n) is 3.64. The fourth-order valence-corrected chi connectivity index (χ4v) is 4.01. The fraction of sp³-hybridized carbons (Fsp3) is 0.333. The summed E-state index contributed by atoms with van der Waals surface area (Å²) in [6.07, 6.45) is 3.70. The minimum atomic E-state index is -0.00748. The number of benzene rings is 2. The minimum absolute atomic E-state index is 0.00748. The van der Waals surface area contributed by atoms with Gasteiger partial charge >= 0.3 is 0 Å². The molecule has 0 unspecified atom stereocenters. The molecular formula is C21H22BrN3O.